The van der Waals surface area contributed by atoms with Gasteiger partial charge in [-0.3, -0.25) is 4.79 Å². The fourth-order valence-corrected chi connectivity index (χ4v) is 4.79. The van der Waals surface area contributed by atoms with E-state index in [9.17, 15) is 14.4 Å². The topological polar surface area (TPSA) is 104 Å². The van der Waals surface area contributed by atoms with Crippen molar-refractivity contribution in [2.24, 2.45) is 11.8 Å². The SMILES string of the molecule is COc1ccc(-c2cc(=O)oc3cc(OC(=O)C4CCC(CNC(=O)OC(C)(C)C)CC4)c(Cl)cc23)cc1. The molecule has 9 heteroatoms. The van der Waals surface area contributed by atoms with Crippen LogP contribution in [0.4, 0.5) is 4.79 Å². The fraction of sp³-hybridized carbons (Fsp3) is 0.414. The highest BCUT2D eigenvalue weighted by molar-refractivity contribution is 6.33. The molecule has 4 rings (SSSR count). The maximum Gasteiger partial charge on any atom is 0.407 e. The summed E-state index contributed by atoms with van der Waals surface area (Å²) >= 11 is 6.50. The molecule has 1 N–H and O–H groups in total. The number of methoxy groups -OCH3 is 1. The molecule has 202 valence electrons. The molecular formula is C29H32ClNO7. The molecule has 1 aromatic heterocycles. The number of esters is 1. The number of carbonyl (C=O) groups excluding carboxylic acids is 2. The van der Waals surface area contributed by atoms with Crippen molar-refractivity contribution in [2.75, 3.05) is 13.7 Å². The first-order chi connectivity index (χ1) is 18.0. The van der Waals surface area contributed by atoms with Crippen molar-refractivity contribution in [2.45, 2.75) is 52.1 Å². The first-order valence-corrected chi connectivity index (χ1v) is 13.0. The first-order valence-electron chi connectivity index (χ1n) is 12.6. The number of nitrogens with one attached hydrogen (secondary N) is 1. The van der Waals surface area contributed by atoms with Gasteiger partial charge in [0, 0.05) is 24.1 Å². The zero-order valence-corrected chi connectivity index (χ0v) is 22.7. The van der Waals surface area contributed by atoms with Gasteiger partial charge < -0.3 is 23.9 Å². The Morgan fingerprint density at radius 2 is 1.74 bits per heavy atom. The van der Waals surface area contributed by atoms with E-state index in [1.807, 2.05) is 32.9 Å². The Morgan fingerprint density at radius 3 is 2.37 bits per heavy atom. The highest BCUT2D eigenvalue weighted by atomic mass is 35.5. The molecule has 0 atom stereocenters. The van der Waals surface area contributed by atoms with Crippen LogP contribution in [0.5, 0.6) is 11.5 Å². The second-order valence-electron chi connectivity index (χ2n) is 10.5. The molecule has 1 saturated carbocycles. The number of amides is 1. The van der Waals surface area contributed by atoms with E-state index in [-0.39, 0.29) is 34.2 Å². The largest absolute Gasteiger partial charge is 0.497 e. The maximum atomic E-state index is 12.9. The average Bonchev–Trinajstić information content (AvgIpc) is 2.87. The highest BCUT2D eigenvalue weighted by Gasteiger charge is 2.29. The summed E-state index contributed by atoms with van der Waals surface area (Å²) in [6, 6.07) is 11.8. The van der Waals surface area contributed by atoms with Gasteiger partial charge in [0.1, 0.15) is 16.9 Å². The van der Waals surface area contributed by atoms with E-state index in [4.69, 9.17) is 30.2 Å². The van der Waals surface area contributed by atoms with E-state index in [1.165, 1.54) is 12.1 Å². The molecule has 1 aliphatic carbocycles. The minimum atomic E-state index is -0.546. The second kappa shape index (κ2) is 11.5. The third-order valence-electron chi connectivity index (χ3n) is 6.52. The van der Waals surface area contributed by atoms with Crippen molar-refractivity contribution in [3.63, 3.8) is 0 Å². The van der Waals surface area contributed by atoms with Crippen LogP contribution in [0.15, 0.2) is 51.7 Å². The van der Waals surface area contributed by atoms with Crippen LogP contribution in [0.3, 0.4) is 0 Å². The highest BCUT2D eigenvalue weighted by Crippen LogP contribution is 2.37. The monoisotopic (exact) mass is 541 g/mol. The summed E-state index contributed by atoms with van der Waals surface area (Å²) in [5.74, 6) is 0.451. The summed E-state index contributed by atoms with van der Waals surface area (Å²) in [5.41, 5.74) is 0.642. The number of halogens is 1. The van der Waals surface area contributed by atoms with Crippen molar-refractivity contribution in [1.82, 2.24) is 5.32 Å². The number of hydrogen-bond donors (Lipinski definition) is 1. The lowest BCUT2D eigenvalue weighted by molar-refractivity contribution is -0.140. The van der Waals surface area contributed by atoms with Crippen molar-refractivity contribution < 1.29 is 28.2 Å². The van der Waals surface area contributed by atoms with Crippen LogP contribution >= 0.6 is 11.6 Å². The lowest BCUT2D eigenvalue weighted by Gasteiger charge is -2.28. The summed E-state index contributed by atoms with van der Waals surface area (Å²) in [6.45, 7) is 5.96. The van der Waals surface area contributed by atoms with Gasteiger partial charge in [-0.2, -0.15) is 0 Å². The number of benzene rings is 2. The molecular weight excluding hydrogens is 510 g/mol. The van der Waals surface area contributed by atoms with Gasteiger partial charge in [0.2, 0.25) is 0 Å². The average molecular weight is 542 g/mol. The first kappa shape index (κ1) is 27.5. The number of fused-ring (bicyclic) bond motifs is 1. The van der Waals surface area contributed by atoms with Crippen LogP contribution in [0.1, 0.15) is 46.5 Å². The molecule has 0 unspecified atom stereocenters. The van der Waals surface area contributed by atoms with Crippen LogP contribution in [0.25, 0.3) is 22.1 Å². The summed E-state index contributed by atoms with van der Waals surface area (Å²) in [4.78, 5) is 37.1. The normalized spacial score (nSPS) is 17.6. The molecule has 1 aliphatic rings. The molecule has 0 saturated heterocycles. The lowest BCUT2D eigenvalue weighted by Crippen LogP contribution is -2.36. The van der Waals surface area contributed by atoms with Gasteiger partial charge in [0.15, 0.2) is 5.75 Å². The van der Waals surface area contributed by atoms with Gasteiger partial charge in [-0.15, -0.1) is 0 Å². The molecule has 0 aliphatic heterocycles. The van der Waals surface area contributed by atoms with E-state index < -0.39 is 17.3 Å². The molecule has 1 heterocycles. The second-order valence-corrected chi connectivity index (χ2v) is 10.9. The van der Waals surface area contributed by atoms with Crippen molar-refractivity contribution in [1.29, 1.82) is 0 Å². The fourth-order valence-electron chi connectivity index (χ4n) is 4.59. The zero-order chi connectivity index (χ0) is 27.4. The Labute approximate surface area is 226 Å². The van der Waals surface area contributed by atoms with Gasteiger partial charge in [0.05, 0.1) is 18.1 Å². The van der Waals surface area contributed by atoms with E-state index in [1.54, 1.807) is 25.3 Å². The van der Waals surface area contributed by atoms with Crippen LogP contribution in [-0.2, 0) is 9.53 Å². The Balaban J connectivity index is 1.42. The molecule has 0 bridgehead atoms. The lowest BCUT2D eigenvalue weighted by atomic mass is 9.82. The zero-order valence-electron chi connectivity index (χ0n) is 22.0. The number of rotatable bonds is 6. The molecule has 0 spiro atoms. The molecule has 8 nitrogen and oxygen atoms in total. The third kappa shape index (κ3) is 6.86. The van der Waals surface area contributed by atoms with Gasteiger partial charge in [-0.1, -0.05) is 23.7 Å². The predicted molar refractivity (Wildman–Crippen MR) is 145 cm³/mol. The Hall–Kier alpha value is -3.52. The minimum Gasteiger partial charge on any atom is -0.497 e. The summed E-state index contributed by atoms with van der Waals surface area (Å²) < 4.78 is 21.6. The van der Waals surface area contributed by atoms with Gasteiger partial charge in [0.25, 0.3) is 0 Å². The van der Waals surface area contributed by atoms with Crippen molar-refractivity contribution in [3.8, 4) is 22.6 Å². The van der Waals surface area contributed by atoms with Crippen molar-refractivity contribution in [3.05, 3.63) is 57.9 Å². The predicted octanol–water partition coefficient (Wildman–Crippen LogP) is 6.36. The van der Waals surface area contributed by atoms with E-state index in [0.717, 1.165) is 18.4 Å². The molecule has 1 amide bonds. The van der Waals surface area contributed by atoms with Crippen LogP contribution in [0, 0.1) is 11.8 Å². The van der Waals surface area contributed by atoms with Crippen LogP contribution in [0.2, 0.25) is 5.02 Å². The maximum absolute atomic E-state index is 12.9. The number of ether oxygens (including phenoxy) is 3. The van der Waals surface area contributed by atoms with Gasteiger partial charge in [-0.05, 0) is 81.7 Å². The van der Waals surface area contributed by atoms with E-state index in [2.05, 4.69) is 5.32 Å². The van der Waals surface area contributed by atoms with Crippen LogP contribution in [-0.4, -0.2) is 31.3 Å². The molecule has 0 radical (unpaired) electrons. The number of carbonyl (C=O) groups is 2. The quantitative estimate of drug-likeness (QED) is 0.220. The Bertz CT molecular complexity index is 1370. The number of alkyl carbamates (subject to hydrolysis) is 1. The summed E-state index contributed by atoms with van der Waals surface area (Å²) in [7, 11) is 1.58. The molecule has 2 aromatic carbocycles. The smallest absolute Gasteiger partial charge is 0.407 e. The number of hydrogen-bond acceptors (Lipinski definition) is 7. The molecule has 38 heavy (non-hydrogen) atoms. The third-order valence-corrected chi connectivity index (χ3v) is 6.82. The van der Waals surface area contributed by atoms with Crippen LogP contribution < -0.4 is 20.4 Å². The van der Waals surface area contributed by atoms with E-state index >= 15 is 0 Å². The minimum absolute atomic E-state index is 0.146. The van der Waals surface area contributed by atoms with E-state index in [0.29, 0.717) is 36.1 Å². The molecule has 1 fully saturated rings. The standard InChI is InChI=1S/C29H32ClNO7/c1-29(2,3)38-28(34)31-16-17-5-7-19(8-6-17)27(33)37-25-15-24-22(13-23(25)30)21(14-26(32)36-24)18-9-11-20(35-4)12-10-18/h9-15,17,19H,5-8,16H2,1-4H3,(H,31,34). The van der Waals surface area contributed by atoms with Crippen molar-refractivity contribution >= 4 is 34.6 Å². The Kier molecular flexibility index (Phi) is 8.31. The van der Waals surface area contributed by atoms with Gasteiger partial charge in [-0.25, -0.2) is 9.59 Å². The molecule has 3 aromatic rings. The summed E-state index contributed by atoms with van der Waals surface area (Å²) in [6.07, 6.45) is 2.40. The summed E-state index contributed by atoms with van der Waals surface area (Å²) in [5, 5.41) is 3.67. The van der Waals surface area contributed by atoms with Gasteiger partial charge >= 0.3 is 17.7 Å². The Morgan fingerprint density at radius 1 is 1.05 bits per heavy atom.